The minimum atomic E-state index is -0.668. The fraction of sp³-hybridized carbons (Fsp3) is 0.417. The molecule has 1 saturated heterocycles. The van der Waals surface area contributed by atoms with Crippen molar-refractivity contribution >= 4 is 0 Å². The number of hydrogen-bond donors (Lipinski definition) is 1. The van der Waals surface area contributed by atoms with Gasteiger partial charge >= 0.3 is 0 Å². The Kier molecular flexibility index (Phi) is 7.06. The quantitative estimate of drug-likeness (QED) is 0.755. The lowest BCUT2D eigenvalue weighted by Crippen LogP contribution is -2.29. The summed E-state index contributed by atoms with van der Waals surface area (Å²) in [6, 6.07) is 20.4. The molecule has 0 aromatic heterocycles. The average Bonchev–Trinajstić information content (AvgIpc) is 3.13. The summed E-state index contributed by atoms with van der Waals surface area (Å²) >= 11 is 0. The van der Waals surface area contributed by atoms with Crippen molar-refractivity contribution in [3.63, 3.8) is 0 Å². The summed E-state index contributed by atoms with van der Waals surface area (Å²) in [7, 11) is 0. The Morgan fingerprint density at radius 2 is 1.56 bits per heavy atom. The second kappa shape index (κ2) is 9.71. The number of rotatable bonds is 7. The van der Waals surface area contributed by atoms with Gasteiger partial charge in [-0.3, -0.25) is 0 Å². The molecular weight excluding hydrogens is 336 g/mol. The highest BCUT2D eigenvalue weighted by Gasteiger charge is 2.32. The minimum absolute atomic E-state index is 0.0419. The molecule has 0 amide bonds. The lowest BCUT2D eigenvalue weighted by molar-refractivity contribution is -0.150. The molecule has 27 heavy (non-hydrogen) atoms. The molecule has 0 spiro atoms. The van der Waals surface area contributed by atoms with Crippen molar-refractivity contribution in [2.24, 2.45) is 5.92 Å². The van der Waals surface area contributed by atoms with Crippen LogP contribution >= 0.6 is 0 Å². The van der Waals surface area contributed by atoms with Crippen LogP contribution < -0.4 is 0 Å². The molecule has 2 unspecified atom stereocenters. The molecule has 3 heteroatoms. The third-order valence-corrected chi connectivity index (χ3v) is 5.04. The number of aliphatic hydroxyl groups is 1. The molecule has 1 aliphatic rings. The summed E-state index contributed by atoms with van der Waals surface area (Å²) in [4.78, 5) is 0. The summed E-state index contributed by atoms with van der Waals surface area (Å²) in [5.74, 6) is 5.71. The van der Waals surface area contributed by atoms with Gasteiger partial charge in [0.1, 0.15) is 6.10 Å². The molecule has 0 saturated carbocycles. The Morgan fingerprint density at radius 1 is 0.963 bits per heavy atom. The van der Waals surface area contributed by atoms with Crippen molar-refractivity contribution in [3.05, 3.63) is 71.8 Å². The summed E-state index contributed by atoms with van der Waals surface area (Å²) in [5.41, 5.74) is 2.38. The van der Waals surface area contributed by atoms with E-state index in [4.69, 9.17) is 9.47 Å². The van der Waals surface area contributed by atoms with Gasteiger partial charge in [-0.1, -0.05) is 72.5 Å². The second-order valence-corrected chi connectivity index (χ2v) is 7.25. The van der Waals surface area contributed by atoms with Gasteiger partial charge in [-0.2, -0.15) is 0 Å². The Balaban J connectivity index is 1.64. The molecule has 0 aliphatic carbocycles. The van der Waals surface area contributed by atoms with Gasteiger partial charge in [0.2, 0.25) is 0 Å². The monoisotopic (exact) mass is 364 g/mol. The highest BCUT2D eigenvalue weighted by Crippen LogP contribution is 2.28. The van der Waals surface area contributed by atoms with Crippen molar-refractivity contribution < 1.29 is 14.6 Å². The highest BCUT2D eigenvalue weighted by molar-refractivity contribution is 5.22. The first-order valence-electron chi connectivity index (χ1n) is 9.67. The third-order valence-electron chi connectivity index (χ3n) is 5.04. The van der Waals surface area contributed by atoms with Crippen LogP contribution in [-0.2, 0) is 22.3 Å². The molecule has 1 heterocycles. The molecule has 1 fully saturated rings. The molecule has 2 aromatic rings. The maximum Gasteiger partial charge on any atom is 0.165 e. The van der Waals surface area contributed by atoms with Gasteiger partial charge in [0.15, 0.2) is 5.79 Å². The van der Waals surface area contributed by atoms with Crippen molar-refractivity contribution in [2.45, 2.75) is 44.5 Å². The minimum Gasteiger partial charge on any atom is -0.380 e. The average molecular weight is 364 g/mol. The fourth-order valence-corrected chi connectivity index (χ4v) is 3.41. The van der Waals surface area contributed by atoms with Crippen LogP contribution in [0.4, 0.5) is 0 Å². The van der Waals surface area contributed by atoms with Crippen LogP contribution in [0.15, 0.2) is 60.7 Å². The van der Waals surface area contributed by atoms with Crippen molar-refractivity contribution in [3.8, 4) is 11.8 Å². The zero-order valence-electron chi connectivity index (χ0n) is 15.9. The van der Waals surface area contributed by atoms with E-state index < -0.39 is 11.9 Å². The summed E-state index contributed by atoms with van der Waals surface area (Å²) < 4.78 is 11.4. The van der Waals surface area contributed by atoms with Crippen LogP contribution in [0.1, 0.15) is 30.9 Å². The lowest BCUT2D eigenvalue weighted by Gasteiger charge is -2.26. The first-order valence-corrected chi connectivity index (χ1v) is 9.67. The van der Waals surface area contributed by atoms with Crippen molar-refractivity contribution in [2.75, 3.05) is 13.2 Å². The maximum atomic E-state index is 10.8. The standard InChI is InChI=1S/C24H28O3/c1-24(26-17-18-27-24)16-15-22(19-21-11-6-3-7-12-21)23(25)14-8-13-20-9-4-2-5-10-20/h2-7,9-12,22-23,25H,13,15-19H2,1H3. The van der Waals surface area contributed by atoms with E-state index in [1.807, 2.05) is 43.3 Å². The number of aliphatic hydroxyl groups excluding tert-OH is 1. The molecule has 1 aliphatic heterocycles. The summed E-state index contributed by atoms with van der Waals surface area (Å²) in [6.45, 7) is 3.26. The van der Waals surface area contributed by atoms with E-state index in [1.165, 1.54) is 5.56 Å². The molecule has 0 radical (unpaired) electrons. The zero-order chi connectivity index (χ0) is 19.0. The molecule has 2 atom stereocenters. The molecule has 142 valence electrons. The first-order chi connectivity index (χ1) is 13.1. The van der Waals surface area contributed by atoms with E-state index >= 15 is 0 Å². The van der Waals surface area contributed by atoms with E-state index in [0.717, 1.165) is 24.8 Å². The largest absolute Gasteiger partial charge is 0.380 e. The molecule has 1 N–H and O–H groups in total. The van der Waals surface area contributed by atoms with Crippen LogP contribution in [0.3, 0.4) is 0 Å². The van der Waals surface area contributed by atoms with E-state index in [9.17, 15) is 5.11 Å². The smallest absolute Gasteiger partial charge is 0.165 e. The van der Waals surface area contributed by atoms with Crippen LogP contribution in [0.5, 0.6) is 0 Å². The SMILES string of the molecule is CC1(CCC(Cc2ccccc2)C(O)C#CCc2ccccc2)OCCO1. The van der Waals surface area contributed by atoms with Gasteiger partial charge in [0, 0.05) is 18.8 Å². The molecule has 2 aromatic carbocycles. The van der Waals surface area contributed by atoms with Gasteiger partial charge in [0.05, 0.1) is 13.2 Å². The Morgan fingerprint density at radius 3 is 2.19 bits per heavy atom. The van der Waals surface area contributed by atoms with E-state index in [0.29, 0.717) is 19.6 Å². The molecule has 3 nitrogen and oxygen atoms in total. The Hall–Kier alpha value is -2.12. The normalized spacial score (nSPS) is 17.7. The number of benzene rings is 2. The topological polar surface area (TPSA) is 38.7 Å². The Labute approximate surface area is 162 Å². The Bertz CT molecular complexity index is 739. The second-order valence-electron chi connectivity index (χ2n) is 7.25. The fourth-order valence-electron chi connectivity index (χ4n) is 3.41. The number of ether oxygens (including phenoxy) is 2. The maximum absolute atomic E-state index is 10.8. The van der Waals surface area contributed by atoms with Crippen LogP contribution in [0.25, 0.3) is 0 Å². The first kappa shape index (κ1) is 19.6. The summed E-state index contributed by atoms with van der Waals surface area (Å²) in [6.07, 6.45) is 2.32. The van der Waals surface area contributed by atoms with Crippen LogP contribution in [0.2, 0.25) is 0 Å². The van der Waals surface area contributed by atoms with Crippen LogP contribution in [0, 0.1) is 17.8 Å². The van der Waals surface area contributed by atoms with E-state index in [2.05, 4.69) is 36.1 Å². The zero-order valence-corrected chi connectivity index (χ0v) is 15.9. The van der Waals surface area contributed by atoms with Crippen LogP contribution in [-0.4, -0.2) is 30.2 Å². The van der Waals surface area contributed by atoms with Crippen molar-refractivity contribution in [1.82, 2.24) is 0 Å². The predicted octanol–water partition coefficient (Wildman–Crippen LogP) is 4.00. The lowest BCUT2D eigenvalue weighted by atomic mass is 9.88. The molecule has 0 bridgehead atoms. The molecular formula is C24H28O3. The van der Waals surface area contributed by atoms with Gasteiger partial charge < -0.3 is 14.6 Å². The highest BCUT2D eigenvalue weighted by atomic mass is 16.7. The van der Waals surface area contributed by atoms with E-state index in [-0.39, 0.29) is 5.92 Å². The van der Waals surface area contributed by atoms with E-state index in [1.54, 1.807) is 0 Å². The number of hydrogen-bond acceptors (Lipinski definition) is 3. The van der Waals surface area contributed by atoms with Gasteiger partial charge in [0.25, 0.3) is 0 Å². The van der Waals surface area contributed by atoms with Gasteiger partial charge in [-0.25, -0.2) is 0 Å². The van der Waals surface area contributed by atoms with Crippen molar-refractivity contribution in [1.29, 1.82) is 0 Å². The summed E-state index contributed by atoms with van der Waals surface area (Å²) in [5, 5.41) is 10.8. The third kappa shape index (κ3) is 6.22. The van der Waals surface area contributed by atoms with Gasteiger partial charge in [-0.05, 0) is 30.9 Å². The molecule has 3 rings (SSSR count). The predicted molar refractivity (Wildman–Crippen MR) is 107 cm³/mol. The van der Waals surface area contributed by atoms with Gasteiger partial charge in [-0.15, -0.1) is 0 Å².